The summed E-state index contributed by atoms with van der Waals surface area (Å²) in [6.45, 7) is 3.75. The molecule has 0 saturated carbocycles. The van der Waals surface area contributed by atoms with E-state index in [0.29, 0.717) is 39.2 Å². The number of carboxylic acids is 1. The molecule has 0 bridgehead atoms. The molecule has 0 aliphatic heterocycles. The first-order chi connectivity index (χ1) is 13.3. The number of rotatable bonds is 6. The molecule has 0 radical (unpaired) electrons. The van der Waals surface area contributed by atoms with Gasteiger partial charge in [0.15, 0.2) is 0 Å². The lowest BCUT2D eigenvalue weighted by Crippen LogP contribution is -2.16. The minimum atomic E-state index is -0.936. The monoisotopic (exact) mass is 399 g/mol. The smallest absolute Gasteiger partial charge is 0.311 e. The Morgan fingerprint density at radius 2 is 1.93 bits per heavy atom. The van der Waals surface area contributed by atoms with Crippen LogP contribution in [0.2, 0.25) is 5.02 Å². The van der Waals surface area contributed by atoms with E-state index in [2.05, 4.69) is 0 Å². The maximum Gasteiger partial charge on any atom is 0.311 e. The van der Waals surface area contributed by atoms with Crippen LogP contribution >= 0.6 is 11.6 Å². The number of phenolic OH excluding ortho intramolecular Hbond substituents is 1. The van der Waals surface area contributed by atoms with Crippen molar-refractivity contribution in [3.63, 3.8) is 0 Å². The van der Waals surface area contributed by atoms with Gasteiger partial charge in [-0.2, -0.15) is 0 Å². The summed E-state index contributed by atoms with van der Waals surface area (Å²) in [5.41, 5.74) is 2.11. The van der Waals surface area contributed by atoms with Gasteiger partial charge in [0, 0.05) is 21.7 Å². The fourth-order valence-corrected chi connectivity index (χ4v) is 3.87. The molecule has 146 valence electrons. The number of nitrogens with zero attached hydrogens (tertiary/aromatic N) is 1. The molecule has 3 aromatic rings. The van der Waals surface area contributed by atoms with E-state index in [1.54, 1.807) is 37.3 Å². The number of benzene rings is 2. The molecule has 1 heterocycles. The van der Waals surface area contributed by atoms with Gasteiger partial charge in [-0.05, 0) is 55.3 Å². The van der Waals surface area contributed by atoms with Crippen molar-refractivity contribution in [1.82, 2.24) is 4.57 Å². The van der Waals surface area contributed by atoms with Crippen LogP contribution < -0.4 is 0 Å². The summed E-state index contributed by atoms with van der Waals surface area (Å²) >= 11 is 6.04. The lowest BCUT2D eigenvalue weighted by atomic mass is 9.91. The van der Waals surface area contributed by atoms with E-state index < -0.39 is 11.9 Å². The van der Waals surface area contributed by atoms with E-state index in [1.807, 2.05) is 6.92 Å². The Balaban J connectivity index is 2.26. The summed E-state index contributed by atoms with van der Waals surface area (Å²) in [5.74, 6) is -1.95. The largest absolute Gasteiger partial charge is 0.508 e. The molecule has 1 unspecified atom stereocenters. The van der Waals surface area contributed by atoms with Crippen LogP contribution in [0.4, 0.5) is 0 Å². The Morgan fingerprint density at radius 3 is 2.57 bits per heavy atom. The summed E-state index contributed by atoms with van der Waals surface area (Å²) in [7, 11) is 0. The minimum absolute atomic E-state index is 0.0285. The summed E-state index contributed by atoms with van der Waals surface area (Å²) < 4.78 is 1.51. The number of phenols is 1. The third-order valence-electron chi connectivity index (χ3n) is 5.00. The van der Waals surface area contributed by atoms with Crippen molar-refractivity contribution in [2.45, 2.75) is 39.0 Å². The SMILES string of the molecule is CCCCC(C(=O)O)c1c(C)n(C(=O)c2cccc(Cl)c2)c2ccc(O)cc12. The quantitative estimate of drug-likeness (QED) is 0.585. The number of aliphatic carboxylic acids is 1. The molecule has 6 heteroatoms. The number of fused-ring (bicyclic) bond motifs is 1. The number of aromatic nitrogens is 1. The molecule has 0 saturated heterocycles. The van der Waals surface area contributed by atoms with E-state index >= 15 is 0 Å². The lowest BCUT2D eigenvalue weighted by Gasteiger charge is -2.13. The first-order valence-electron chi connectivity index (χ1n) is 9.22. The van der Waals surface area contributed by atoms with Crippen LogP contribution in [0.15, 0.2) is 42.5 Å². The number of carbonyl (C=O) groups excluding carboxylic acids is 1. The van der Waals surface area contributed by atoms with Gasteiger partial charge < -0.3 is 10.2 Å². The molecule has 0 aliphatic rings. The van der Waals surface area contributed by atoms with Crippen molar-refractivity contribution in [1.29, 1.82) is 0 Å². The third kappa shape index (κ3) is 3.62. The molecule has 2 aromatic carbocycles. The normalized spacial score (nSPS) is 12.2. The Bertz CT molecular complexity index is 1050. The molecule has 0 amide bonds. The number of carboxylic acid groups (broad SMARTS) is 1. The van der Waals surface area contributed by atoms with Gasteiger partial charge in [-0.3, -0.25) is 14.2 Å². The highest BCUT2D eigenvalue weighted by Gasteiger charge is 2.29. The molecule has 1 aromatic heterocycles. The minimum Gasteiger partial charge on any atom is -0.508 e. The molecule has 28 heavy (non-hydrogen) atoms. The van der Waals surface area contributed by atoms with Gasteiger partial charge in [-0.25, -0.2) is 0 Å². The Hall–Kier alpha value is -2.79. The molecular formula is C22H22ClNO4. The van der Waals surface area contributed by atoms with Crippen molar-refractivity contribution in [2.75, 3.05) is 0 Å². The van der Waals surface area contributed by atoms with Gasteiger partial charge in [0.05, 0.1) is 11.4 Å². The average Bonchev–Trinajstić information content (AvgIpc) is 2.93. The number of aromatic hydroxyl groups is 1. The van der Waals surface area contributed by atoms with Crippen LogP contribution in [0.1, 0.15) is 53.7 Å². The van der Waals surface area contributed by atoms with Crippen LogP contribution in [-0.2, 0) is 4.79 Å². The van der Waals surface area contributed by atoms with Gasteiger partial charge >= 0.3 is 5.97 Å². The average molecular weight is 400 g/mol. The predicted molar refractivity (Wildman–Crippen MR) is 109 cm³/mol. The Labute approximate surface area is 168 Å². The van der Waals surface area contributed by atoms with E-state index in [1.165, 1.54) is 16.7 Å². The van der Waals surface area contributed by atoms with Crippen molar-refractivity contribution in [3.8, 4) is 5.75 Å². The summed E-state index contributed by atoms with van der Waals surface area (Å²) in [5, 5.41) is 20.8. The van der Waals surface area contributed by atoms with Crippen molar-refractivity contribution >= 4 is 34.4 Å². The van der Waals surface area contributed by atoms with Crippen LogP contribution in [-0.4, -0.2) is 26.7 Å². The number of halogens is 1. The van der Waals surface area contributed by atoms with E-state index in [4.69, 9.17) is 11.6 Å². The first kappa shape index (κ1) is 20.0. The molecule has 0 spiro atoms. The van der Waals surface area contributed by atoms with Crippen LogP contribution in [0, 0.1) is 6.92 Å². The van der Waals surface area contributed by atoms with Gasteiger partial charge in [0.25, 0.3) is 5.91 Å². The molecule has 3 rings (SSSR count). The van der Waals surface area contributed by atoms with E-state index in [9.17, 15) is 19.8 Å². The second-order valence-corrected chi connectivity index (χ2v) is 7.32. The third-order valence-corrected chi connectivity index (χ3v) is 5.24. The van der Waals surface area contributed by atoms with Crippen molar-refractivity contribution in [3.05, 3.63) is 64.3 Å². The van der Waals surface area contributed by atoms with Crippen LogP contribution in [0.5, 0.6) is 5.75 Å². The van der Waals surface area contributed by atoms with E-state index in [0.717, 1.165) is 12.8 Å². The predicted octanol–water partition coefficient (Wildman–Crippen LogP) is 5.36. The van der Waals surface area contributed by atoms with Gasteiger partial charge in [-0.15, -0.1) is 0 Å². The zero-order chi connectivity index (χ0) is 20.4. The maximum atomic E-state index is 13.2. The number of unbranched alkanes of at least 4 members (excludes halogenated alkanes) is 1. The summed E-state index contributed by atoms with van der Waals surface area (Å²) in [4.78, 5) is 25.2. The summed E-state index contributed by atoms with van der Waals surface area (Å²) in [6, 6.07) is 11.3. The fourth-order valence-electron chi connectivity index (χ4n) is 3.68. The van der Waals surface area contributed by atoms with Gasteiger partial charge in [0.1, 0.15) is 5.75 Å². The lowest BCUT2D eigenvalue weighted by molar-refractivity contribution is -0.139. The topological polar surface area (TPSA) is 79.5 Å². The highest BCUT2D eigenvalue weighted by Crippen LogP contribution is 2.37. The second kappa shape index (κ2) is 8.07. The number of hydrogen-bond donors (Lipinski definition) is 2. The van der Waals surface area contributed by atoms with Gasteiger partial charge in [-0.1, -0.05) is 37.4 Å². The Morgan fingerprint density at radius 1 is 1.18 bits per heavy atom. The summed E-state index contributed by atoms with van der Waals surface area (Å²) in [6.07, 6.45) is 2.09. The zero-order valence-electron chi connectivity index (χ0n) is 15.8. The zero-order valence-corrected chi connectivity index (χ0v) is 16.5. The van der Waals surface area contributed by atoms with Crippen LogP contribution in [0.25, 0.3) is 10.9 Å². The first-order valence-corrected chi connectivity index (χ1v) is 9.60. The molecular weight excluding hydrogens is 378 g/mol. The molecule has 0 aliphatic carbocycles. The standard InChI is InChI=1S/C22H22ClNO4/c1-3-4-8-17(22(27)28)20-13(2)24(19-10-9-16(25)12-18(19)20)21(26)14-6-5-7-15(23)11-14/h5-7,9-12,17,25H,3-4,8H2,1-2H3,(H,27,28). The van der Waals surface area contributed by atoms with Crippen molar-refractivity contribution in [2.24, 2.45) is 0 Å². The fraction of sp³-hybridized carbons (Fsp3) is 0.273. The van der Waals surface area contributed by atoms with E-state index in [-0.39, 0.29) is 11.7 Å². The molecule has 0 fully saturated rings. The highest BCUT2D eigenvalue weighted by atomic mass is 35.5. The number of hydrogen-bond acceptors (Lipinski definition) is 3. The Kier molecular flexibility index (Phi) is 5.75. The second-order valence-electron chi connectivity index (χ2n) is 6.88. The van der Waals surface area contributed by atoms with Gasteiger partial charge in [0.2, 0.25) is 0 Å². The van der Waals surface area contributed by atoms with Crippen molar-refractivity contribution < 1.29 is 19.8 Å². The number of carbonyl (C=O) groups is 2. The molecule has 1 atom stereocenters. The molecule has 2 N–H and O–H groups in total. The molecule has 5 nitrogen and oxygen atoms in total. The highest BCUT2D eigenvalue weighted by molar-refractivity contribution is 6.31. The maximum absolute atomic E-state index is 13.2. The van der Waals surface area contributed by atoms with Crippen LogP contribution in [0.3, 0.4) is 0 Å².